The Morgan fingerprint density at radius 2 is 1.74 bits per heavy atom. The number of benzene rings is 3. The lowest BCUT2D eigenvalue weighted by molar-refractivity contribution is -0.123. The molecule has 0 spiro atoms. The predicted molar refractivity (Wildman–Crippen MR) is 108 cm³/mol. The van der Waals surface area contributed by atoms with Gasteiger partial charge in [-0.2, -0.15) is 0 Å². The minimum absolute atomic E-state index is 0.0480. The van der Waals surface area contributed by atoms with Gasteiger partial charge in [0.1, 0.15) is 11.3 Å². The van der Waals surface area contributed by atoms with Crippen LogP contribution in [0.3, 0.4) is 0 Å². The molecule has 4 aromatic rings. The molecule has 3 aromatic carbocycles. The Balaban J connectivity index is 1.42. The molecule has 1 amide bonds. The van der Waals surface area contributed by atoms with Crippen LogP contribution in [-0.2, 0) is 4.79 Å². The van der Waals surface area contributed by atoms with Crippen LogP contribution in [0.5, 0.6) is 5.75 Å². The molecule has 4 nitrogen and oxygen atoms in total. The molecule has 4 rings (SSSR count). The number of hydrogen-bond acceptors (Lipinski definition) is 3. The van der Waals surface area contributed by atoms with Gasteiger partial charge in [-0.1, -0.05) is 54.6 Å². The average Bonchev–Trinajstić information content (AvgIpc) is 2.71. The van der Waals surface area contributed by atoms with Crippen molar-refractivity contribution >= 4 is 27.6 Å². The molecule has 1 aromatic heterocycles. The number of amides is 1. The van der Waals surface area contributed by atoms with Crippen LogP contribution in [0.15, 0.2) is 79.0 Å². The summed E-state index contributed by atoms with van der Waals surface area (Å²) in [5, 5.41) is 6.33. The van der Waals surface area contributed by atoms with E-state index in [1.54, 1.807) is 6.20 Å². The molecule has 0 unspecified atom stereocenters. The largest absolute Gasteiger partial charge is 0.481 e. The highest BCUT2D eigenvalue weighted by molar-refractivity contribution is 5.85. The lowest BCUT2D eigenvalue weighted by atomic mass is 10.0. The van der Waals surface area contributed by atoms with E-state index in [1.165, 1.54) is 5.39 Å². The summed E-state index contributed by atoms with van der Waals surface area (Å²) in [6.45, 7) is 1.93. The number of carbonyl (C=O) groups is 1. The van der Waals surface area contributed by atoms with Crippen molar-refractivity contribution in [3.63, 3.8) is 0 Å². The fourth-order valence-electron chi connectivity index (χ4n) is 3.18. The summed E-state index contributed by atoms with van der Waals surface area (Å²) in [4.78, 5) is 16.7. The first kappa shape index (κ1) is 17.0. The maximum absolute atomic E-state index is 12.3. The van der Waals surface area contributed by atoms with Crippen molar-refractivity contribution in [2.24, 2.45) is 0 Å². The molecule has 0 radical (unpaired) electrons. The van der Waals surface area contributed by atoms with Crippen LogP contribution in [-0.4, -0.2) is 17.5 Å². The zero-order chi connectivity index (χ0) is 18.6. The number of nitrogens with one attached hydrogen (secondary N) is 1. The third-order valence-electron chi connectivity index (χ3n) is 4.61. The molecule has 27 heavy (non-hydrogen) atoms. The second kappa shape index (κ2) is 7.46. The average molecular weight is 356 g/mol. The summed E-state index contributed by atoms with van der Waals surface area (Å²) in [5.41, 5.74) is 1.82. The number of carbonyl (C=O) groups excluding carboxylic acids is 1. The van der Waals surface area contributed by atoms with Gasteiger partial charge in [0.15, 0.2) is 6.61 Å². The standard InChI is InChI=1S/C23H20N2O2/c1-16(19-12-11-17-6-2-3-7-20(17)14-19)25-22(26)15-27-21-10-4-8-18-9-5-13-24-23(18)21/h2-14,16H,15H2,1H3,(H,25,26)/t16-/m1/s1. The van der Waals surface area contributed by atoms with Crippen molar-refractivity contribution < 1.29 is 9.53 Å². The van der Waals surface area contributed by atoms with Crippen LogP contribution in [0.2, 0.25) is 0 Å². The summed E-state index contributed by atoms with van der Waals surface area (Å²) in [5.74, 6) is 0.449. The molecule has 0 aliphatic rings. The Hall–Kier alpha value is -3.40. The van der Waals surface area contributed by atoms with Crippen molar-refractivity contribution in [1.82, 2.24) is 10.3 Å². The van der Waals surface area contributed by atoms with Crippen LogP contribution in [0.1, 0.15) is 18.5 Å². The molecule has 1 atom stereocenters. The number of pyridine rings is 1. The highest BCUT2D eigenvalue weighted by Gasteiger charge is 2.12. The zero-order valence-corrected chi connectivity index (χ0v) is 15.1. The predicted octanol–water partition coefficient (Wildman–Crippen LogP) is 4.64. The van der Waals surface area contributed by atoms with E-state index >= 15 is 0 Å². The lowest BCUT2D eigenvalue weighted by Gasteiger charge is -2.16. The normalized spacial score (nSPS) is 12.0. The molecule has 134 valence electrons. The van der Waals surface area contributed by atoms with Gasteiger partial charge in [-0.25, -0.2) is 0 Å². The maximum atomic E-state index is 12.3. The van der Waals surface area contributed by atoms with Crippen LogP contribution >= 0.6 is 0 Å². The van der Waals surface area contributed by atoms with E-state index < -0.39 is 0 Å². The Kier molecular flexibility index (Phi) is 4.71. The van der Waals surface area contributed by atoms with Crippen LogP contribution in [0.25, 0.3) is 21.7 Å². The number of nitrogens with zero attached hydrogens (tertiary/aromatic N) is 1. The van der Waals surface area contributed by atoms with Crippen LogP contribution in [0.4, 0.5) is 0 Å². The maximum Gasteiger partial charge on any atom is 0.258 e. The van der Waals surface area contributed by atoms with Gasteiger partial charge < -0.3 is 10.1 Å². The van der Waals surface area contributed by atoms with Crippen LogP contribution in [0, 0.1) is 0 Å². The van der Waals surface area contributed by atoms with Gasteiger partial charge >= 0.3 is 0 Å². The molecule has 1 N–H and O–H groups in total. The molecular formula is C23H20N2O2. The highest BCUT2D eigenvalue weighted by Crippen LogP contribution is 2.23. The van der Waals surface area contributed by atoms with Gasteiger partial charge in [-0.05, 0) is 41.5 Å². The lowest BCUT2D eigenvalue weighted by Crippen LogP contribution is -2.31. The van der Waals surface area contributed by atoms with Crippen molar-refractivity contribution in [2.45, 2.75) is 13.0 Å². The number of hydrogen-bond donors (Lipinski definition) is 1. The van der Waals surface area contributed by atoms with Gasteiger partial charge in [0.2, 0.25) is 0 Å². The number of aromatic nitrogens is 1. The van der Waals surface area contributed by atoms with Crippen molar-refractivity contribution in [3.8, 4) is 5.75 Å². The molecule has 0 aliphatic heterocycles. The van der Waals surface area contributed by atoms with E-state index in [1.807, 2.05) is 55.5 Å². The van der Waals surface area contributed by atoms with Gasteiger partial charge in [0.25, 0.3) is 5.91 Å². The van der Waals surface area contributed by atoms with E-state index in [2.05, 4.69) is 34.6 Å². The Labute approximate surface area is 157 Å². The molecule has 1 heterocycles. The quantitative estimate of drug-likeness (QED) is 0.566. The summed E-state index contributed by atoms with van der Waals surface area (Å²) >= 11 is 0. The summed E-state index contributed by atoms with van der Waals surface area (Å²) in [7, 11) is 0. The van der Waals surface area contributed by atoms with Gasteiger partial charge in [0.05, 0.1) is 6.04 Å². The first-order valence-electron chi connectivity index (χ1n) is 8.95. The van der Waals surface area contributed by atoms with Gasteiger partial charge in [-0.3, -0.25) is 9.78 Å². The first-order chi connectivity index (χ1) is 13.2. The Morgan fingerprint density at radius 1 is 0.963 bits per heavy atom. The Morgan fingerprint density at radius 3 is 2.63 bits per heavy atom. The summed E-state index contributed by atoms with van der Waals surface area (Å²) in [6, 6.07) is 23.9. The van der Waals surface area contributed by atoms with Crippen molar-refractivity contribution in [1.29, 1.82) is 0 Å². The van der Waals surface area contributed by atoms with Crippen molar-refractivity contribution in [3.05, 3.63) is 84.6 Å². The SMILES string of the molecule is C[C@@H](NC(=O)COc1cccc2cccnc12)c1ccc2ccccc2c1. The minimum atomic E-state index is -0.163. The minimum Gasteiger partial charge on any atom is -0.481 e. The molecule has 0 bridgehead atoms. The smallest absolute Gasteiger partial charge is 0.258 e. The van der Waals surface area contributed by atoms with E-state index in [0.717, 1.165) is 21.9 Å². The third kappa shape index (κ3) is 3.75. The molecule has 0 fully saturated rings. The molecule has 0 saturated carbocycles. The fraction of sp³-hybridized carbons (Fsp3) is 0.130. The number of para-hydroxylation sites is 1. The van der Waals surface area contributed by atoms with E-state index in [9.17, 15) is 4.79 Å². The number of rotatable bonds is 5. The molecule has 0 aliphatic carbocycles. The fourth-order valence-corrected chi connectivity index (χ4v) is 3.18. The van der Waals surface area contributed by atoms with E-state index in [4.69, 9.17) is 4.74 Å². The Bertz CT molecular complexity index is 1100. The van der Waals surface area contributed by atoms with Crippen molar-refractivity contribution in [2.75, 3.05) is 6.61 Å². The van der Waals surface area contributed by atoms with Gasteiger partial charge in [-0.15, -0.1) is 0 Å². The zero-order valence-electron chi connectivity index (χ0n) is 15.1. The van der Waals surface area contributed by atoms with Crippen LogP contribution < -0.4 is 10.1 Å². The molecule has 0 saturated heterocycles. The second-order valence-corrected chi connectivity index (χ2v) is 6.52. The second-order valence-electron chi connectivity index (χ2n) is 6.52. The first-order valence-corrected chi connectivity index (χ1v) is 8.95. The van der Waals surface area contributed by atoms with E-state index in [0.29, 0.717) is 5.75 Å². The van der Waals surface area contributed by atoms with E-state index in [-0.39, 0.29) is 18.6 Å². The number of ether oxygens (including phenoxy) is 1. The van der Waals surface area contributed by atoms with Gasteiger partial charge in [0, 0.05) is 11.6 Å². The highest BCUT2D eigenvalue weighted by atomic mass is 16.5. The summed E-state index contributed by atoms with van der Waals surface area (Å²) in [6.07, 6.45) is 1.72. The molecular weight excluding hydrogens is 336 g/mol. The topological polar surface area (TPSA) is 51.2 Å². The monoisotopic (exact) mass is 356 g/mol. The number of fused-ring (bicyclic) bond motifs is 2. The molecule has 4 heteroatoms. The summed E-state index contributed by atoms with van der Waals surface area (Å²) < 4.78 is 5.71. The third-order valence-corrected chi connectivity index (χ3v) is 4.61.